The van der Waals surface area contributed by atoms with Gasteiger partial charge in [-0.3, -0.25) is 0 Å². The van der Waals surface area contributed by atoms with Gasteiger partial charge >= 0.3 is 0 Å². The van der Waals surface area contributed by atoms with Gasteiger partial charge in [-0.05, 0) is 6.07 Å². The first-order valence-electron chi connectivity index (χ1n) is 3.85. The highest BCUT2D eigenvalue weighted by Crippen LogP contribution is 2.15. The molecule has 64 valence electrons. The van der Waals surface area contributed by atoms with Gasteiger partial charge in [-0.2, -0.15) is 0 Å². The fraction of sp³-hybridized carbons (Fsp3) is 0. The number of nitroso groups, excluding NO2 is 1. The minimum Gasteiger partial charge on any atom is -0.148 e. The van der Waals surface area contributed by atoms with E-state index in [0.29, 0.717) is 0 Å². The molecule has 0 aliphatic rings. The van der Waals surface area contributed by atoms with Gasteiger partial charge in [0.1, 0.15) is 0 Å². The Balaban J connectivity index is 2.41. The fourth-order valence-electron chi connectivity index (χ4n) is 1.12. The van der Waals surface area contributed by atoms with Crippen molar-refractivity contribution in [2.75, 3.05) is 0 Å². The summed E-state index contributed by atoms with van der Waals surface area (Å²) in [5.74, 6) is 0. The largest absolute Gasteiger partial charge is 0.148 e. The molecule has 0 saturated carbocycles. The molecule has 0 radical (unpaired) electrons. The molecule has 0 saturated heterocycles. The molecule has 0 amide bonds. The van der Waals surface area contributed by atoms with Gasteiger partial charge in [-0.15, -0.1) is 14.8 Å². The van der Waals surface area contributed by atoms with Gasteiger partial charge in [-0.25, -0.2) is 0 Å². The van der Waals surface area contributed by atoms with Crippen LogP contribution in [0.15, 0.2) is 47.9 Å². The first-order chi connectivity index (χ1) is 6.40. The van der Waals surface area contributed by atoms with Crippen LogP contribution >= 0.6 is 0 Å². The maximum absolute atomic E-state index is 10.1. The van der Waals surface area contributed by atoms with Crippen molar-refractivity contribution in [3.05, 3.63) is 47.5 Å². The molecule has 2 aromatic rings. The predicted octanol–water partition coefficient (Wildman–Crippen LogP) is 2.08. The van der Waals surface area contributed by atoms with Gasteiger partial charge < -0.3 is 0 Å². The molecule has 2 rings (SSSR count). The lowest BCUT2D eigenvalue weighted by molar-refractivity contribution is 0.736. The monoisotopic (exact) mass is 173 g/mol. The van der Waals surface area contributed by atoms with Gasteiger partial charge in [0.25, 0.3) is 0 Å². The Hall–Kier alpha value is -1.97. The Labute approximate surface area is 74.8 Å². The summed E-state index contributed by atoms with van der Waals surface area (Å²) in [6.45, 7) is 0. The highest BCUT2D eigenvalue weighted by atomic mass is 16.3. The summed E-state index contributed by atoms with van der Waals surface area (Å²) in [5, 5.41) is 6.61. The minimum absolute atomic E-state index is 0.750. The summed E-state index contributed by atoms with van der Waals surface area (Å²) in [4.78, 5) is 11.1. The molecule has 0 unspecified atom stereocenters. The Morgan fingerprint density at radius 3 is 2.54 bits per heavy atom. The van der Waals surface area contributed by atoms with Crippen LogP contribution in [-0.4, -0.2) is 9.89 Å². The second-order valence-electron chi connectivity index (χ2n) is 2.57. The van der Waals surface area contributed by atoms with E-state index in [1.807, 2.05) is 30.3 Å². The average Bonchev–Trinajstić information content (AvgIpc) is 2.67. The molecule has 0 aliphatic carbocycles. The highest BCUT2D eigenvalue weighted by molar-refractivity contribution is 5.57. The van der Waals surface area contributed by atoms with Crippen LogP contribution in [0.1, 0.15) is 0 Å². The van der Waals surface area contributed by atoms with Crippen molar-refractivity contribution in [2.45, 2.75) is 0 Å². The second-order valence-corrected chi connectivity index (χ2v) is 2.57. The molecule has 0 aliphatic heterocycles. The van der Waals surface area contributed by atoms with Crippen LogP contribution in [-0.2, 0) is 0 Å². The van der Waals surface area contributed by atoms with Crippen LogP contribution in [0.3, 0.4) is 0 Å². The zero-order chi connectivity index (χ0) is 9.10. The highest BCUT2D eigenvalue weighted by Gasteiger charge is 2.00. The fourth-order valence-corrected chi connectivity index (χ4v) is 1.12. The van der Waals surface area contributed by atoms with Crippen LogP contribution in [0, 0.1) is 4.91 Å². The van der Waals surface area contributed by atoms with Crippen molar-refractivity contribution in [3.63, 3.8) is 0 Å². The lowest BCUT2D eigenvalue weighted by Crippen LogP contribution is -1.86. The van der Waals surface area contributed by atoms with Gasteiger partial charge in [0.15, 0.2) is 0 Å². The molecular weight excluding hydrogens is 166 g/mol. The molecular formula is C9H7N3O. The number of nitrogens with zero attached hydrogens (tertiary/aromatic N) is 3. The van der Waals surface area contributed by atoms with E-state index >= 15 is 0 Å². The van der Waals surface area contributed by atoms with E-state index in [1.165, 1.54) is 6.20 Å². The number of aromatic nitrogens is 2. The van der Waals surface area contributed by atoms with Crippen molar-refractivity contribution >= 4 is 0 Å². The zero-order valence-corrected chi connectivity index (χ0v) is 6.79. The summed E-state index contributed by atoms with van der Waals surface area (Å²) in [5.41, 5.74) is 1.73. The lowest BCUT2D eigenvalue weighted by atomic mass is 10.2. The van der Waals surface area contributed by atoms with Crippen LogP contribution in [0.2, 0.25) is 0 Å². The van der Waals surface area contributed by atoms with Crippen LogP contribution in [0.25, 0.3) is 11.3 Å². The van der Waals surface area contributed by atoms with Crippen molar-refractivity contribution in [3.8, 4) is 11.3 Å². The summed E-state index contributed by atoms with van der Waals surface area (Å²) in [6.07, 6.45) is 1.52. The Morgan fingerprint density at radius 1 is 1.15 bits per heavy atom. The number of benzene rings is 1. The molecule has 0 spiro atoms. The first kappa shape index (κ1) is 7.67. The van der Waals surface area contributed by atoms with Crippen molar-refractivity contribution < 1.29 is 0 Å². The minimum atomic E-state index is 0.750. The first-order valence-corrected chi connectivity index (χ1v) is 3.85. The normalized spacial score (nSPS) is 9.85. The van der Waals surface area contributed by atoms with Crippen molar-refractivity contribution in [2.24, 2.45) is 5.29 Å². The quantitative estimate of drug-likeness (QED) is 0.652. The van der Waals surface area contributed by atoms with Gasteiger partial charge in [0.05, 0.1) is 17.2 Å². The topological polar surface area (TPSA) is 47.2 Å². The number of hydrogen-bond acceptors (Lipinski definition) is 3. The molecule has 4 nitrogen and oxygen atoms in total. The standard InChI is InChI=1S/C9H7N3O/c13-11-12-7-6-9(10-12)8-4-2-1-3-5-8/h1-7H. The summed E-state index contributed by atoms with van der Waals surface area (Å²) in [6, 6.07) is 11.4. The number of hydrogen-bond donors (Lipinski definition) is 0. The summed E-state index contributed by atoms with van der Waals surface area (Å²) < 4.78 is 0. The van der Waals surface area contributed by atoms with Crippen LogP contribution in [0.5, 0.6) is 0 Å². The third-order valence-corrected chi connectivity index (χ3v) is 1.73. The zero-order valence-electron chi connectivity index (χ0n) is 6.79. The average molecular weight is 173 g/mol. The van der Waals surface area contributed by atoms with E-state index in [2.05, 4.69) is 10.4 Å². The molecule has 4 heteroatoms. The Bertz CT molecular complexity index is 408. The smallest absolute Gasteiger partial charge is 0.0946 e. The molecule has 1 heterocycles. The van der Waals surface area contributed by atoms with Crippen molar-refractivity contribution in [1.82, 2.24) is 9.89 Å². The number of rotatable bonds is 2. The van der Waals surface area contributed by atoms with E-state index < -0.39 is 0 Å². The van der Waals surface area contributed by atoms with Gasteiger partial charge in [-0.1, -0.05) is 30.3 Å². The van der Waals surface area contributed by atoms with Crippen LogP contribution in [0.4, 0.5) is 0 Å². The Morgan fingerprint density at radius 2 is 1.92 bits per heavy atom. The van der Waals surface area contributed by atoms with E-state index in [1.54, 1.807) is 6.07 Å². The van der Waals surface area contributed by atoms with E-state index in [9.17, 15) is 4.91 Å². The third kappa shape index (κ3) is 1.46. The maximum atomic E-state index is 10.1. The Kier molecular flexibility index (Phi) is 1.88. The molecule has 13 heavy (non-hydrogen) atoms. The molecule has 0 N–H and O–H groups in total. The molecule has 1 aromatic carbocycles. The molecule has 0 fully saturated rings. The third-order valence-electron chi connectivity index (χ3n) is 1.73. The maximum Gasteiger partial charge on any atom is 0.0946 e. The summed E-state index contributed by atoms with van der Waals surface area (Å²) in [7, 11) is 0. The summed E-state index contributed by atoms with van der Waals surface area (Å²) >= 11 is 0. The molecule has 0 atom stereocenters. The second kappa shape index (κ2) is 3.18. The van der Waals surface area contributed by atoms with Gasteiger partial charge in [0.2, 0.25) is 0 Å². The molecule has 0 bridgehead atoms. The van der Waals surface area contributed by atoms with Gasteiger partial charge in [0, 0.05) is 5.56 Å². The van der Waals surface area contributed by atoms with E-state index in [-0.39, 0.29) is 0 Å². The molecule has 1 aromatic heterocycles. The predicted molar refractivity (Wildman–Crippen MR) is 48.9 cm³/mol. The lowest BCUT2D eigenvalue weighted by Gasteiger charge is -1.92. The SMILES string of the molecule is O=Nn1ccc(-c2ccccc2)n1. The van der Waals surface area contributed by atoms with E-state index in [0.717, 1.165) is 16.0 Å². The van der Waals surface area contributed by atoms with Crippen LogP contribution < -0.4 is 0 Å². The van der Waals surface area contributed by atoms with E-state index in [4.69, 9.17) is 0 Å². The van der Waals surface area contributed by atoms with Crippen molar-refractivity contribution in [1.29, 1.82) is 0 Å².